The number of nitrogens with one attached hydrogen (secondary N) is 2. The number of carbonyl (C=O) groups excluding carboxylic acids is 2. The number of H-pyrrole nitrogens is 2. The predicted molar refractivity (Wildman–Crippen MR) is 95.1 cm³/mol. The Morgan fingerprint density at radius 2 is 2.00 bits per heavy atom. The van der Waals surface area contributed by atoms with E-state index < -0.39 is 0 Å². The molecule has 0 atom stereocenters. The van der Waals surface area contributed by atoms with Crippen LogP contribution in [0.4, 0.5) is 4.79 Å². The number of fused-ring (bicyclic) bond motifs is 1. The molecule has 0 radical (unpaired) electrons. The van der Waals surface area contributed by atoms with Gasteiger partial charge in [0.05, 0.1) is 6.54 Å². The number of amides is 3. The number of benzene rings is 1. The second kappa shape index (κ2) is 6.29. The molecule has 1 aliphatic rings. The summed E-state index contributed by atoms with van der Waals surface area (Å²) in [5.74, 6) is 0.904. The van der Waals surface area contributed by atoms with E-state index in [4.69, 9.17) is 0 Å². The fraction of sp³-hybridized carbons (Fsp3) is 0.333. The van der Waals surface area contributed by atoms with E-state index in [2.05, 4.69) is 32.3 Å². The van der Waals surface area contributed by atoms with Gasteiger partial charge in [-0.25, -0.2) is 9.78 Å². The highest BCUT2D eigenvalue weighted by atomic mass is 16.2. The smallest absolute Gasteiger partial charge is 0.327 e. The van der Waals surface area contributed by atoms with Crippen molar-refractivity contribution in [3.8, 4) is 0 Å². The maximum Gasteiger partial charge on any atom is 0.327 e. The highest BCUT2D eigenvalue weighted by molar-refractivity contribution is 5.96. The number of imide groups is 1. The Morgan fingerprint density at radius 3 is 2.77 bits per heavy atom. The summed E-state index contributed by atoms with van der Waals surface area (Å²) in [5, 5.41) is 7.90. The van der Waals surface area contributed by atoms with Crippen LogP contribution >= 0.6 is 0 Å². The van der Waals surface area contributed by atoms with E-state index in [-0.39, 0.29) is 18.5 Å². The number of urea groups is 1. The van der Waals surface area contributed by atoms with Crippen LogP contribution in [0.2, 0.25) is 0 Å². The van der Waals surface area contributed by atoms with Crippen molar-refractivity contribution in [3.63, 3.8) is 0 Å². The third-order valence-electron chi connectivity index (χ3n) is 4.54. The lowest BCUT2D eigenvalue weighted by Crippen LogP contribution is -2.51. The van der Waals surface area contributed by atoms with Crippen LogP contribution in [0.15, 0.2) is 24.3 Å². The molecule has 1 aliphatic heterocycles. The molecule has 3 heterocycles. The van der Waals surface area contributed by atoms with Crippen molar-refractivity contribution in [2.75, 3.05) is 6.54 Å². The minimum atomic E-state index is -0.300. The molecule has 3 amide bonds. The zero-order valence-electron chi connectivity index (χ0n) is 14.7. The number of carbonyl (C=O) groups is 2. The molecule has 0 spiro atoms. The van der Waals surface area contributed by atoms with Gasteiger partial charge in [-0.1, -0.05) is 12.1 Å². The van der Waals surface area contributed by atoms with Gasteiger partial charge in [-0.2, -0.15) is 5.10 Å². The van der Waals surface area contributed by atoms with Crippen molar-refractivity contribution in [1.29, 1.82) is 0 Å². The normalized spacial score (nSPS) is 15.3. The molecule has 8 heteroatoms. The molecule has 0 bridgehead atoms. The summed E-state index contributed by atoms with van der Waals surface area (Å²) in [6.45, 7) is 4.77. The molecule has 0 unspecified atom stereocenters. The van der Waals surface area contributed by atoms with Crippen LogP contribution in [-0.4, -0.2) is 48.4 Å². The Morgan fingerprint density at radius 1 is 1.15 bits per heavy atom. The maximum absolute atomic E-state index is 12.8. The zero-order valence-corrected chi connectivity index (χ0v) is 14.7. The summed E-state index contributed by atoms with van der Waals surface area (Å²) < 4.78 is 0. The molecule has 134 valence electrons. The molecule has 2 aromatic heterocycles. The van der Waals surface area contributed by atoms with Crippen LogP contribution < -0.4 is 0 Å². The fourth-order valence-electron chi connectivity index (χ4n) is 3.28. The number of rotatable bonds is 4. The fourth-order valence-corrected chi connectivity index (χ4v) is 3.28. The largest absolute Gasteiger partial charge is 0.359 e. The van der Waals surface area contributed by atoms with Gasteiger partial charge in [-0.15, -0.1) is 0 Å². The summed E-state index contributed by atoms with van der Waals surface area (Å²) >= 11 is 0. The van der Waals surface area contributed by atoms with E-state index in [1.165, 1.54) is 4.90 Å². The number of hydrogen-bond acceptors (Lipinski definition) is 4. The summed E-state index contributed by atoms with van der Waals surface area (Å²) in [5.41, 5.74) is 3.18. The Balaban J connectivity index is 1.52. The van der Waals surface area contributed by atoms with Crippen LogP contribution in [-0.2, 0) is 17.9 Å². The molecule has 2 N–H and O–H groups in total. The van der Waals surface area contributed by atoms with Gasteiger partial charge < -0.3 is 9.88 Å². The lowest BCUT2D eigenvalue weighted by Gasteiger charge is -2.33. The lowest BCUT2D eigenvalue weighted by molar-refractivity contribution is -0.131. The van der Waals surface area contributed by atoms with Gasteiger partial charge in [0.15, 0.2) is 5.82 Å². The van der Waals surface area contributed by atoms with E-state index >= 15 is 0 Å². The first-order chi connectivity index (χ1) is 12.5. The molecule has 26 heavy (non-hydrogen) atoms. The van der Waals surface area contributed by atoms with Crippen molar-refractivity contribution in [3.05, 3.63) is 47.2 Å². The molecular formula is C18H20N6O2. The highest BCUT2D eigenvalue weighted by Gasteiger charge is 2.32. The average Bonchev–Trinajstić information content (AvgIpc) is 3.18. The predicted octanol–water partition coefficient (Wildman–Crippen LogP) is 2.26. The quantitative estimate of drug-likeness (QED) is 0.752. The van der Waals surface area contributed by atoms with Crippen LogP contribution in [0.3, 0.4) is 0 Å². The van der Waals surface area contributed by atoms with Gasteiger partial charge in [-0.3, -0.25) is 14.8 Å². The van der Waals surface area contributed by atoms with E-state index in [0.29, 0.717) is 31.2 Å². The van der Waals surface area contributed by atoms with Gasteiger partial charge in [0.1, 0.15) is 5.82 Å². The van der Waals surface area contributed by atoms with Crippen molar-refractivity contribution in [1.82, 2.24) is 30.0 Å². The number of nitrogens with zero attached hydrogens (tertiary/aromatic N) is 4. The Hall–Kier alpha value is -3.16. The van der Waals surface area contributed by atoms with Gasteiger partial charge >= 0.3 is 6.03 Å². The van der Waals surface area contributed by atoms with E-state index in [0.717, 1.165) is 22.2 Å². The zero-order chi connectivity index (χ0) is 18.3. The summed E-state index contributed by atoms with van der Waals surface area (Å²) in [4.78, 5) is 35.4. The van der Waals surface area contributed by atoms with Crippen LogP contribution in [0.1, 0.15) is 29.3 Å². The maximum atomic E-state index is 12.8. The summed E-state index contributed by atoms with van der Waals surface area (Å²) in [6.07, 6.45) is 0.305. The second-order valence-electron chi connectivity index (χ2n) is 6.65. The number of aryl methyl sites for hydroxylation is 2. The highest BCUT2D eigenvalue weighted by Crippen LogP contribution is 2.20. The van der Waals surface area contributed by atoms with Crippen LogP contribution in [0, 0.1) is 13.8 Å². The van der Waals surface area contributed by atoms with Crippen LogP contribution in [0.5, 0.6) is 0 Å². The first-order valence-electron chi connectivity index (χ1n) is 8.55. The second-order valence-corrected chi connectivity index (χ2v) is 6.65. The van der Waals surface area contributed by atoms with Gasteiger partial charge in [0, 0.05) is 30.7 Å². The third kappa shape index (κ3) is 3.05. The molecule has 1 saturated heterocycles. The minimum absolute atomic E-state index is 0.0906. The number of hydrogen-bond donors (Lipinski definition) is 2. The van der Waals surface area contributed by atoms with Crippen LogP contribution in [0.25, 0.3) is 10.9 Å². The first kappa shape index (κ1) is 16.3. The molecule has 1 fully saturated rings. The Labute approximate surface area is 150 Å². The van der Waals surface area contributed by atoms with Crippen molar-refractivity contribution in [2.45, 2.75) is 33.4 Å². The molecule has 0 aliphatic carbocycles. The Bertz CT molecular complexity index is 989. The summed E-state index contributed by atoms with van der Waals surface area (Å²) in [6, 6.07) is 7.90. The topological polar surface area (TPSA) is 98.0 Å². The number of aromatic amines is 2. The van der Waals surface area contributed by atoms with Gasteiger partial charge in [-0.05, 0) is 36.9 Å². The molecule has 0 saturated carbocycles. The number of aromatic nitrogens is 4. The monoisotopic (exact) mass is 352 g/mol. The SMILES string of the molecule is Cc1cc2ccc(CN3CCC(=O)N(Cc4n[nH]c(C)n4)C3=O)cc2[nH]1. The molecular weight excluding hydrogens is 332 g/mol. The van der Waals surface area contributed by atoms with E-state index in [1.54, 1.807) is 11.8 Å². The van der Waals surface area contributed by atoms with Crippen molar-refractivity contribution in [2.24, 2.45) is 0 Å². The third-order valence-corrected chi connectivity index (χ3v) is 4.54. The lowest BCUT2D eigenvalue weighted by atomic mass is 10.1. The van der Waals surface area contributed by atoms with Crippen molar-refractivity contribution < 1.29 is 9.59 Å². The summed E-state index contributed by atoms with van der Waals surface area (Å²) in [7, 11) is 0. The minimum Gasteiger partial charge on any atom is -0.359 e. The van der Waals surface area contributed by atoms with E-state index in [9.17, 15) is 9.59 Å². The average molecular weight is 352 g/mol. The molecule has 8 nitrogen and oxygen atoms in total. The van der Waals surface area contributed by atoms with E-state index in [1.807, 2.05) is 19.1 Å². The van der Waals surface area contributed by atoms with Gasteiger partial charge in [0.2, 0.25) is 5.91 Å². The van der Waals surface area contributed by atoms with Gasteiger partial charge in [0.25, 0.3) is 0 Å². The molecule has 1 aromatic carbocycles. The Kier molecular flexibility index (Phi) is 3.95. The van der Waals surface area contributed by atoms with Crippen molar-refractivity contribution >= 4 is 22.8 Å². The standard InChI is InChI=1S/C18H20N6O2/c1-11-7-14-4-3-13(8-15(14)19-11)9-23-6-5-17(25)24(18(23)26)10-16-20-12(2)21-22-16/h3-4,7-8,19H,5-6,9-10H2,1-2H3,(H,20,21,22). The molecule has 3 aromatic rings. The molecule has 4 rings (SSSR count). The first-order valence-corrected chi connectivity index (χ1v) is 8.55.